The van der Waals surface area contributed by atoms with E-state index in [-0.39, 0.29) is 11.5 Å². The first-order valence-electron chi connectivity index (χ1n) is 16.5. The molecule has 0 spiro atoms. The smallest absolute Gasteiger partial charge is 0.0992 e. The molecule has 7 aromatic rings. The molecule has 0 N–H and O–H groups in total. The first kappa shape index (κ1) is 28.6. The van der Waals surface area contributed by atoms with Crippen LogP contribution in [0.25, 0.3) is 49.7 Å². The zero-order chi connectivity index (χ0) is 33.1. The minimum atomic E-state index is -0.168. The van der Waals surface area contributed by atoms with E-state index in [1.807, 2.05) is 30.3 Å². The van der Waals surface area contributed by atoms with Gasteiger partial charge in [-0.25, -0.2) is 0 Å². The van der Waals surface area contributed by atoms with Crippen molar-refractivity contribution in [1.82, 2.24) is 4.57 Å². The molecule has 0 saturated heterocycles. The summed E-state index contributed by atoms with van der Waals surface area (Å²) in [5, 5.41) is 21.8. The van der Waals surface area contributed by atoms with Crippen molar-refractivity contribution in [2.24, 2.45) is 0 Å². The van der Waals surface area contributed by atoms with Crippen molar-refractivity contribution in [3.8, 4) is 40.1 Å². The molecule has 2 heterocycles. The summed E-state index contributed by atoms with van der Waals surface area (Å²) in [5.41, 5.74) is 12.2. The van der Waals surface area contributed by atoms with Crippen molar-refractivity contribution in [1.29, 1.82) is 10.5 Å². The normalized spacial score (nSPS) is 17.5. The van der Waals surface area contributed by atoms with Crippen LogP contribution in [0.3, 0.4) is 0 Å². The Labute approximate surface area is 285 Å². The SMILES string of the molecule is CC12C=CC=CC1N(c1cc(C#N)ccc1-c1ccc(-c3ccc(-n4c5ccccc5c5ccc(C#N)cc54)cc3)cc1)c1ccccc12. The molecule has 49 heavy (non-hydrogen) atoms. The topological polar surface area (TPSA) is 55.8 Å². The number of hydrogen-bond donors (Lipinski definition) is 0. The van der Waals surface area contributed by atoms with Gasteiger partial charge in [0.25, 0.3) is 0 Å². The Bertz CT molecular complexity index is 2590. The van der Waals surface area contributed by atoms with E-state index in [2.05, 4.69) is 156 Å². The second-order valence-corrected chi connectivity index (χ2v) is 13.0. The van der Waals surface area contributed by atoms with Crippen LogP contribution in [0.2, 0.25) is 0 Å². The number of nitriles is 2. The summed E-state index contributed by atoms with van der Waals surface area (Å²) >= 11 is 0. The van der Waals surface area contributed by atoms with Crippen LogP contribution >= 0.6 is 0 Å². The van der Waals surface area contributed by atoms with E-state index in [0.717, 1.165) is 50.0 Å². The zero-order valence-electron chi connectivity index (χ0n) is 26.9. The number of hydrogen-bond acceptors (Lipinski definition) is 3. The number of allylic oxidation sites excluding steroid dienone is 2. The third-order valence-electron chi connectivity index (χ3n) is 10.3. The number of benzene rings is 6. The minimum Gasteiger partial charge on any atom is -0.332 e. The number of anilines is 2. The van der Waals surface area contributed by atoms with E-state index in [1.165, 1.54) is 16.6 Å². The predicted octanol–water partition coefficient (Wildman–Crippen LogP) is 10.8. The molecule has 1 aromatic heterocycles. The molecule has 0 saturated carbocycles. The summed E-state index contributed by atoms with van der Waals surface area (Å²) in [4.78, 5) is 2.41. The predicted molar refractivity (Wildman–Crippen MR) is 199 cm³/mol. The molecule has 2 atom stereocenters. The Hall–Kier alpha value is -6.62. The third-order valence-corrected chi connectivity index (χ3v) is 10.3. The van der Waals surface area contributed by atoms with Gasteiger partial charge in [-0.2, -0.15) is 10.5 Å². The number of para-hydroxylation sites is 2. The molecule has 1 aliphatic carbocycles. The van der Waals surface area contributed by atoms with Crippen LogP contribution in [-0.4, -0.2) is 10.6 Å². The van der Waals surface area contributed by atoms with Crippen molar-refractivity contribution in [2.45, 2.75) is 18.4 Å². The van der Waals surface area contributed by atoms with Gasteiger partial charge in [0.1, 0.15) is 0 Å². The fourth-order valence-electron chi connectivity index (χ4n) is 7.90. The second-order valence-electron chi connectivity index (χ2n) is 13.0. The van der Waals surface area contributed by atoms with E-state index in [0.29, 0.717) is 11.1 Å². The molecule has 0 bridgehead atoms. The molecule has 2 aliphatic rings. The maximum Gasteiger partial charge on any atom is 0.0992 e. The molecule has 0 fully saturated rings. The summed E-state index contributed by atoms with van der Waals surface area (Å²) in [6, 6.07) is 51.1. The molecular weight excluding hydrogens is 597 g/mol. The largest absolute Gasteiger partial charge is 0.332 e. The molecule has 2 unspecified atom stereocenters. The van der Waals surface area contributed by atoms with Crippen molar-refractivity contribution >= 4 is 33.2 Å². The number of nitrogens with zero attached hydrogens (tertiary/aromatic N) is 4. The van der Waals surface area contributed by atoms with Crippen LogP contribution in [0.15, 0.2) is 158 Å². The van der Waals surface area contributed by atoms with Gasteiger partial charge in [-0.1, -0.05) is 109 Å². The Morgan fingerprint density at radius 3 is 2.04 bits per heavy atom. The van der Waals surface area contributed by atoms with Gasteiger partial charge in [-0.15, -0.1) is 0 Å². The van der Waals surface area contributed by atoms with Gasteiger partial charge in [-0.05, 0) is 77.7 Å². The van der Waals surface area contributed by atoms with Crippen LogP contribution in [0.4, 0.5) is 11.4 Å². The van der Waals surface area contributed by atoms with Gasteiger partial charge in [-0.3, -0.25) is 0 Å². The van der Waals surface area contributed by atoms with Gasteiger partial charge in [0.2, 0.25) is 0 Å². The molecule has 9 rings (SSSR count). The lowest BCUT2D eigenvalue weighted by Gasteiger charge is -2.35. The fraction of sp³-hybridized carbons (Fsp3) is 0.0667. The molecule has 0 amide bonds. The molecular formula is C45H30N4. The monoisotopic (exact) mass is 626 g/mol. The van der Waals surface area contributed by atoms with E-state index in [1.54, 1.807) is 0 Å². The maximum atomic E-state index is 9.91. The van der Waals surface area contributed by atoms with Crippen LogP contribution < -0.4 is 4.90 Å². The summed E-state index contributed by atoms with van der Waals surface area (Å²) in [5.74, 6) is 0. The van der Waals surface area contributed by atoms with Gasteiger partial charge >= 0.3 is 0 Å². The zero-order valence-corrected chi connectivity index (χ0v) is 26.9. The van der Waals surface area contributed by atoms with Crippen molar-refractivity contribution in [2.75, 3.05) is 4.90 Å². The minimum absolute atomic E-state index is 0.0985. The summed E-state index contributed by atoms with van der Waals surface area (Å²) < 4.78 is 2.24. The molecule has 6 aromatic carbocycles. The van der Waals surface area contributed by atoms with Gasteiger partial charge < -0.3 is 9.47 Å². The molecule has 0 radical (unpaired) electrons. The summed E-state index contributed by atoms with van der Waals surface area (Å²) in [6.45, 7) is 2.30. The first-order valence-corrected chi connectivity index (χ1v) is 16.5. The highest BCUT2D eigenvalue weighted by molar-refractivity contribution is 6.09. The Kier molecular flexibility index (Phi) is 6.41. The highest BCUT2D eigenvalue weighted by Crippen LogP contribution is 2.53. The standard InChI is InChI=1S/C45H30N4/c1-45-25-7-6-12-44(45)49(41-11-5-3-9-39(41)45)42-26-30(28-46)13-23-36(42)34-17-15-32(16-18-34)33-19-21-35(22-20-33)48-40-10-4-2-8-37(40)38-24-14-31(29-47)27-43(38)48/h2-27,44H,1H3. The fourth-order valence-corrected chi connectivity index (χ4v) is 7.90. The number of rotatable bonds is 4. The van der Waals surface area contributed by atoms with Crippen molar-refractivity contribution < 1.29 is 0 Å². The van der Waals surface area contributed by atoms with Crippen molar-refractivity contribution in [3.63, 3.8) is 0 Å². The van der Waals surface area contributed by atoms with Crippen LogP contribution in [-0.2, 0) is 5.41 Å². The molecule has 1 aliphatic heterocycles. The van der Waals surface area contributed by atoms with Gasteiger partial charge in [0.05, 0.1) is 46.0 Å². The maximum absolute atomic E-state index is 9.91. The second kappa shape index (κ2) is 11.0. The summed E-state index contributed by atoms with van der Waals surface area (Å²) in [7, 11) is 0. The first-order chi connectivity index (χ1) is 24.1. The molecule has 4 heteroatoms. The van der Waals surface area contributed by atoms with Crippen LogP contribution in [0, 0.1) is 22.7 Å². The van der Waals surface area contributed by atoms with E-state index >= 15 is 0 Å². The Balaban J connectivity index is 1.09. The Morgan fingerprint density at radius 1 is 0.592 bits per heavy atom. The highest BCUT2D eigenvalue weighted by atomic mass is 15.2. The average molecular weight is 627 g/mol. The van der Waals surface area contributed by atoms with E-state index in [9.17, 15) is 10.5 Å². The lowest BCUT2D eigenvalue weighted by atomic mass is 9.76. The highest BCUT2D eigenvalue weighted by Gasteiger charge is 2.46. The van der Waals surface area contributed by atoms with Crippen LogP contribution in [0.5, 0.6) is 0 Å². The van der Waals surface area contributed by atoms with Crippen molar-refractivity contribution in [3.05, 3.63) is 174 Å². The van der Waals surface area contributed by atoms with Gasteiger partial charge in [0.15, 0.2) is 0 Å². The number of fused-ring (bicyclic) bond motifs is 6. The third kappa shape index (κ3) is 4.36. The van der Waals surface area contributed by atoms with E-state index in [4.69, 9.17) is 0 Å². The van der Waals surface area contributed by atoms with E-state index < -0.39 is 0 Å². The quantitative estimate of drug-likeness (QED) is 0.195. The lowest BCUT2D eigenvalue weighted by Crippen LogP contribution is -2.39. The van der Waals surface area contributed by atoms with Gasteiger partial charge in [0, 0.05) is 33.1 Å². The summed E-state index contributed by atoms with van der Waals surface area (Å²) in [6.07, 6.45) is 8.85. The van der Waals surface area contributed by atoms with Crippen LogP contribution in [0.1, 0.15) is 23.6 Å². The Morgan fingerprint density at radius 2 is 1.24 bits per heavy atom. The molecule has 230 valence electrons. The number of aromatic nitrogens is 1. The average Bonchev–Trinajstić information content (AvgIpc) is 3.63. The lowest BCUT2D eigenvalue weighted by molar-refractivity contribution is 0.551. The molecule has 4 nitrogen and oxygen atoms in total.